The second kappa shape index (κ2) is 7.73. The number of nitrogen functional groups attached to an aromatic ring is 1. The number of ether oxygens (including phenoxy) is 2. The number of hydrogen-bond donors (Lipinski definition) is 2. The normalized spacial score (nSPS) is 12.7. The SMILES string of the molecule is N#Cc1c(N)[nH]c(=O)c(C#N)c1-c1ccc(OC(F)(F)C(F)OC(F)(F)F)cc1. The number of nitrogens with zero attached hydrogens (tertiary/aromatic N) is 2. The van der Waals surface area contributed by atoms with Crippen molar-refractivity contribution in [3.05, 3.63) is 45.7 Å². The number of alkyl halides is 6. The minimum absolute atomic E-state index is 0.00917. The Labute approximate surface area is 157 Å². The van der Waals surface area contributed by atoms with Crippen LogP contribution in [0.4, 0.5) is 32.2 Å². The van der Waals surface area contributed by atoms with Crippen molar-refractivity contribution in [3.63, 3.8) is 0 Å². The van der Waals surface area contributed by atoms with Gasteiger partial charge < -0.3 is 15.5 Å². The van der Waals surface area contributed by atoms with Gasteiger partial charge in [0.2, 0.25) is 0 Å². The van der Waals surface area contributed by atoms with Crippen LogP contribution in [0.5, 0.6) is 5.75 Å². The maximum atomic E-state index is 13.4. The van der Waals surface area contributed by atoms with E-state index in [0.29, 0.717) is 0 Å². The molecule has 0 fully saturated rings. The summed E-state index contributed by atoms with van der Waals surface area (Å²) in [5.74, 6) is -1.11. The molecule has 3 N–H and O–H groups in total. The van der Waals surface area contributed by atoms with Gasteiger partial charge in [-0.1, -0.05) is 12.1 Å². The van der Waals surface area contributed by atoms with Gasteiger partial charge in [-0.15, -0.1) is 13.2 Å². The van der Waals surface area contributed by atoms with Gasteiger partial charge in [-0.2, -0.15) is 19.3 Å². The first-order valence-electron chi connectivity index (χ1n) is 7.31. The minimum atomic E-state index is -5.66. The zero-order valence-corrected chi connectivity index (χ0v) is 13.9. The molecule has 1 heterocycles. The molecule has 1 unspecified atom stereocenters. The summed E-state index contributed by atoms with van der Waals surface area (Å²) in [6.07, 6.45) is -14.8. The molecule has 29 heavy (non-hydrogen) atoms. The van der Waals surface area contributed by atoms with Crippen molar-refractivity contribution < 1.29 is 35.8 Å². The fourth-order valence-electron chi connectivity index (χ4n) is 2.21. The third kappa shape index (κ3) is 4.77. The molecule has 152 valence electrons. The quantitative estimate of drug-likeness (QED) is 0.719. The van der Waals surface area contributed by atoms with Gasteiger partial charge in [0, 0.05) is 5.56 Å². The van der Waals surface area contributed by atoms with Gasteiger partial charge in [-0.25, -0.2) is 9.13 Å². The lowest BCUT2D eigenvalue weighted by Gasteiger charge is -2.22. The van der Waals surface area contributed by atoms with Crippen LogP contribution in [-0.4, -0.2) is 23.8 Å². The van der Waals surface area contributed by atoms with Crippen molar-refractivity contribution in [1.29, 1.82) is 10.5 Å². The van der Waals surface area contributed by atoms with Gasteiger partial charge in [0.15, 0.2) is 0 Å². The lowest BCUT2D eigenvalue weighted by molar-refractivity contribution is -0.411. The van der Waals surface area contributed by atoms with Gasteiger partial charge >= 0.3 is 18.8 Å². The van der Waals surface area contributed by atoms with Gasteiger partial charge in [0.25, 0.3) is 5.56 Å². The first-order chi connectivity index (χ1) is 13.4. The number of rotatable bonds is 5. The average Bonchev–Trinajstić information content (AvgIpc) is 2.60. The van der Waals surface area contributed by atoms with Crippen LogP contribution < -0.4 is 16.0 Å². The van der Waals surface area contributed by atoms with Crippen molar-refractivity contribution >= 4 is 5.82 Å². The molecule has 0 amide bonds. The largest absolute Gasteiger partial charge is 0.525 e. The van der Waals surface area contributed by atoms with Gasteiger partial charge in [-0.3, -0.25) is 4.79 Å². The zero-order chi connectivity index (χ0) is 22.0. The molecule has 2 aromatic rings. The fraction of sp³-hybridized carbons (Fsp3) is 0.188. The predicted molar refractivity (Wildman–Crippen MR) is 84.0 cm³/mol. The lowest BCUT2D eigenvalue weighted by Crippen LogP contribution is -2.41. The number of halogens is 6. The van der Waals surface area contributed by atoms with Crippen LogP contribution in [0.3, 0.4) is 0 Å². The predicted octanol–water partition coefficient (Wildman–Crippen LogP) is 3.17. The summed E-state index contributed by atoms with van der Waals surface area (Å²) in [5.41, 5.74) is 3.67. The molecular formula is C16H8F6N4O3. The lowest BCUT2D eigenvalue weighted by atomic mass is 9.96. The highest BCUT2D eigenvalue weighted by Crippen LogP contribution is 2.34. The number of nitrogens with two attached hydrogens (primary N) is 1. The van der Waals surface area contributed by atoms with E-state index in [0.717, 1.165) is 24.3 Å². The van der Waals surface area contributed by atoms with Crippen LogP contribution in [0.2, 0.25) is 0 Å². The topological polar surface area (TPSA) is 125 Å². The Morgan fingerprint density at radius 2 is 1.59 bits per heavy atom. The van der Waals surface area contributed by atoms with E-state index in [9.17, 15) is 36.4 Å². The second-order valence-electron chi connectivity index (χ2n) is 5.28. The van der Waals surface area contributed by atoms with Crippen molar-refractivity contribution in [2.45, 2.75) is 18.8 Å². The molecule has 0 bridgehead atoms. The van der Waals surface area contributed by atoms with E-state index < -0.39 is 35.7 Å². The Kier molecular flexibility index (Phi) is 5.75. The Bertz CT molecular complexity index is 1050. The number of H-pyrrole nitrogens is 1. The molecule has 1 aromatic carbocycles. The number of pyridine rings is 1. The van der Waals surface area contributed by atoms with E-state index in [4.69, 9.17) is 11.0 Å². The zero-order valence-electron chi connectivity index (χ0n) is 13.9. The van der Waals surface area contributed by atoms with Gasteiger partial charge in [0.1, 0.15) is 34.8 Å². The van der Waals surface area contributed by atoms with E-state index in [2.05, 4.69) is 14.5 Å². The summed E-state index contributed by atoms with van der Waals surface area (Å²) >= 11 is 0. The molecule has 1 aromatic heterocycles. The maximum Gasteiger partial charge on any atom is 0.525 e. The summed E-state index contributed by atoms with van der Waals surface area (Å²) in [7, 11) is 0. The Balaban J connectivity index is 2.39. The van der Waals surface area contributed by atoms with E-state index >= 15 is 0 Å². The molecule has 0 spiro atoms. The van der Waals surface area contributed by atoms with Crippen LogP contribution in [0.15, 0.2) is 29.1 Å². The number of aromatic nitrogens is 1. The highest BCUT2D eigenvalue weighted by molar-refractivity contribution is 5.80. The molecule has 1 atom stereocenters. The molecule has 2 rings (SSSR count). The van der Waals surface area contributed by atoms with Gasteiger partial charge in [0.05, 0.1) is 0 Å². The van der Waals surface area contributed by atoms with Gasteiger partial charge in [-0.05, 0) is 17.7 Å². The molecule has 0 aliphatic carbocycles. The second-order valence-corrected chi connectivity index (χ2v) is 5.28. The number of nitrogens with one attached hydrogen (secondary N) is 1. The number of anilines is 1. The van der Waals surface area contributed by atoms with Crippen molar-refractivity contribution in [2.75, 3.05) is 5.73 Å². The van der Waals surface area contributed by atoms with Crippen molar-refractivity contribution in [2.24, 2.45) is 0 Å². The van der Waals surface area contributed by atoms with Crippen LogP contribution >= 0.6 is 0 Å². The molecule has 7 nitrogen and oxygen atoms in total. The van der Waals surface area contributed by atoms with E-state index in [1.54, 1.807) is 12.1 Å². The monoisotopic (exact) mass is 418 g/mol. The van der Waals surface area contributed by atoms with Crippen LogP contribution in [0.25, 0.3) is 11.1 Å². The minimum Gasteiger partial charge on any atom is -0.429 e. The molecule has 0 saturated heterocycles. The van der Waals surface area contributed by atoms with Crippen LogP contribution in [0.1, 0.15) is 11.1 Å². The smallest absolute Gasteiger partial charge is 0.429 e. The molecule has 0 saturated carbocycles. The molecule has 0 aliphatic heterocycles. The number of benzene rings is 1. The van der Waals surface area contributed by atoms with Crippen LogP contribution in [-0.2, 0) is 4.74 Å². The number of nitriles is 2. The van der Waals surface area contributed by atoms with E-state index in [-0.39, 0.29) is 22.5 Å². The van der Waals surface area contributed by atoms with E-state index in [1.807, 2.05) is 0 Å². The first kappa shape index (κ1) is 21.6. The first-order valence-corrected chi connectivity index (χ1v) is 7.31. The third-order valence-corrected chi connectivity index (χ3v) is 3.37. The highest BCUT2D eigenvalue weighted by Gasteiger charge is 2.50. The highest BCUT2D eigenvalue weighted by atomic mass is 19.4. The summed E-state index contributed by atoms with van der Waals surface area (Å²) in [6, 6.07) is 6.88. The molecule has 0 aliphatic rings. The standard InChI is InChI=1S/C16H8F6N4O3/c17-14(29-16(20,21)22)15(18,19)28-8-3-1-7(2-4-8)11-9(5-23)12(25)26-13(27)10(11)6-24/h1-4,14H,(H3,25,26,27). The summed E-state index contributed by atoms with van der Waals surface area (Å²) in [4.78, 5) is 13.9. The summed E-state index contributed by atoms with van der Waals surface area (Å²) in [5, 5.41) is 18.3. The average molecular weight is 418 g/mol. The van der Waals surface area contributed by atoms with Crippen molar-refractivity contribution in [1.82, 2.24) is 4.98 Å². The summed E-state index contributed by atoms with van der Waals surface area (Å²) in [6.45, 7) is 0. The van der Waals surface area contributed by atoms with E-state index in [1.165, 1.54) is 0 Å². The number of hydrogen-bond acceptors (Lipinski definition) is 6. The Morgan fingerprint density at radius 1 is 1.03 bits per heavy atom. The summed E-state index contributed by atoms with van der Waals surface area (Å²) < 4.78 is 82.0. The fourth-order valence-corrected chi connectivity index (χ4v) is 2.21. The molecule has 13 heteroatoms. The van der Waals surface area contributed by atoms with Crippen molar-refractivity contribution in [3.8, 4) is 29.0 Å². The molecular weight excluding hydrogens is 410 g/mol. The molecule has 0 radical (unpaired) electrons. The third-order valence-electron chi connectivity index (χ3n) is 3.37. The maximum absolute atomic E-state index is 13.4. The van der Waals surface area contributed by atoms with Crippen LogP contribution in [0, 0.1) is 22.7 Å². The Hall–Kier alpha value is -3.71. The number of aromatic amines is 1. The Morgan fingerprint density at radius 3 is 2.07 bits per heavy atom.